The molecule has 1 unspecified atom stereocenters. The Bertz CT molecular complexity index is 751. The van der Waals surface area contributed by atoms with Gasteiger partial charge >= 0.3 is 5.97 Å². The molecule has 0 fully saturated rings. The number of benzene rings is 2. The van der Waals surface area contributed by atoms with E-state index in [9.17, 15) is 13.4 Å². The van der Waals surface area contributed by atoms with Crippen LogP contribution in [0, 0.1) is 17.1 Å². The number of aromatic carboxylic acids is 1. The van der Waals surface area contributed by atoms with Crippen molar-refractivity contribution in [1.82, 2.24) is 0 Å². The zero-order valence-electron chi connectivity index (χ0n) is 10.7. The van der Waals surface area contributed by atoms with Crippen LogP contribution in [0.5, 0.6) is 0 Å². The lowest BCUT2D eigenvalue weighted by Gasteiger charge is -2.05. The third kappa shape index (κ3) is 3.33. The second-order valence-electron chi connectivity index (χ2n) is 4.21. The molecule has 21 heavy (non-hydrogen) atoms. The molecule has 0 radical (unpaired) electrons. The maximum Gasteiger partial charge on any atom is 0.335 e. The van der Waals surface area contributed by atoms with Crippen LogP contribution in [0.3, 0.4) is 0 Å². The Morgan fingerprint density at radius 2 is 1.90 bits per heavy atom. The summed E-state index contributed by atoms with van der Waals surface area (Å²) in [6, 6.07) is 11.6. The number of halogens is 1. The normalized spacial score (nSPS) is 11.6. The van der Waals surface area contributed by atoms with Crippen molar-refractivity contribution in [2.75, 3.05) is 0 Å². The number of carbonyl (C=O) groups is 1. The molecular weight excluding hydrogens is 293 g/mol. The molecule has 0 amide bonds. The molecule has 0 aliphatic carbocycles. The minimum atomic E-state index is -1.52. The van der Waals surface area contributed by atoms with Gasteiger partial charge in [-0.1, -0.05) is 12.1 Å². The number of hydrogen-bond acceptors (Lipinski definition) is 3. The molecule has 2 rings (SSSR count). The standard InChI is InChI=1S/C15H10FNO3S/c16-14-11(8-17)2-1-3-12(14)9-21(20)13-6-4-10(5-7-13)15(18)19/h1-7H,9H2,(H,18,19). The quantitative estimate of drug-likeness (QED) is 0.942. The topological polar surface area (TPSA) is 78.2 Å². The molecule has 1 N–H and O–H groups in total. The Kier molecular flexibility index (Phi) is 4.45. The van der Waals surface area contributed by atoms with Gasteiger partial charge in [0, 0.05) is 10.5 Å². The Morgan fingerprint density at radius 3 is 2.48 bits per heavy atom. The Morgan fingerprint density at radius 1 is 1.24 bits per heavy atom. The minimum Gasteiger partial charge on any atom is -0.478 e. The molecule has 6 heteroatoms. The van der Waals surface area contributed by atoms with Gasteiger partial charge in [0.2, 0.25) is 0 Å². The summed E-state index contributed by atoms with van der Waals surface area (Å²) in [5, 5.41) is 17.5. The summed E-state index contributed by atoms with van der Waals surface area (Å²) in [6.45, 7) is 0. The number of nitriles is 1. The van der Waals surface area contributed by atoms with Crippen molar-refractivity contribution in [2.45, 2.75) is 10.6 Å². The van der Waals surface area contributed by atoms with Crippen molar-refractivity contribution in [3.63, 3.8) is 0 Å². The number of hydrogen-bond donors (Lipinski definition) is 1. The fourth-order valence-corrected chi connectivity index (χ4v) is 2.86. The lowest BCUT2D eigenvalue weighted by Crippen LogP contribution is -2.02. The highest BCUT2D eigenvalue weighted by molar-refractivity contribution is 7.84. The summed E-state index contributed by atoms with van der Waals surface area (Å²) in [6.07, 6.45) is 0. The lowest BCUT2D eigenvalue weighted by atomic mass is 10.1. The van der Waals surface area contributed by atoms with E-state index >= 15 is 0 Å². The first-order valence-electron chi connectivity index (χ1n) is 5.92. The van der Waals surface area contributed by atoms with Crippen molar-refractivity contribution >= 4 is 16.8 Å². The van der Waals surface area contributed by atoms with Crippen molar-refractivity contribution in [2.24, 2.45) is 0 Å². The van der Waals surface area contributed by atoms with Crippen LogP contribution in [0.4, 0.5) is 4.39 Å². The van der Waals surface area contributed by atoms with Crippen molar-refractivity contribution in [3.05, 3.63) is 65.0 Å². The van der Waals surface area contributed by atoms with E-state index in [1.165, 1.54) is 42.5 Å². The lowest BCUT2D eigenvalue weighted by molar-refractivity contribution is 0.0697. The first-order valence-corrected chi connectivity index (χ1v) is 7.24. The highest BCUT2D eigenvalue weighted by atomic mass is 32.2. The Balaban J connectivity index is 2.22. The molecule has 2 aromatic carbocycles. The SMILES string of the molecule is N#Cc1cccc(CS(=O)c2ccc(C(=O)O)cc2)c1F. The molecule has 2 aromatic rings. The van der Waals surface area contributed by atoms with Crippen LogP contribution in [0.1, 0.15) is 21.5 Å². The van der Waals surface area contributed by atoms with E-state index in [0.29, 0.717) is 4.90 Å². The highest BCUT2D eigenvalue weighted by Gasteiger charge is 2.12. The maximum atomic E-state index is 13.9. The first kappa shape index (κ1) is 14.9. The third-order valence-electron chi connectivity index (χ3n) is 2.85. The first-order chi connectivity index (χ1) is 10.0. The Labute approximate surface area is 122 Å². The van der Waals surface area contributed by atoms with Crippen LogP contribution >= 0.6 is 0 Å². The number of nitrogens with zero attached hydrogens (tertiary/aromatic N) is 1. The molecule has 1 atom stereocenters. The van der Waals surface area contributed by atoms with Gasteiger partial charge in [-0.05, 0) is 30.3 Å². The maximum absolute atomic E-state index is 13.9. The van der Waals surface area contributed by atoms with Gasteiger partial charge in [-0.3, -0.25) is 4.21 Å². The summed E-state index contributed by atoms with van der Waals surface area (Å²) >= 11 is 0. The van der Waals surface area contributed by atoms with Gasteiger partial charge in [0.05, 0.1) is 27.7 Å². The average Bonchev–Trinajstić information content (AvgIpc) is 2.49. The molecule has 0 heterocycles. The molecule has 0 aliphatic heterocycles. The van der Waals surface area contributed by atoms with E-state index < -0.39 is 22.6 Å². The molecule has 4 nitrogen and oxygen atoms in total. The van der Waals surface area contributed by atoms with Crippen LogP contribution in [-0.2, 0) is 16.6 Å². The highest BCUT2D eigenvalue weighted by Crippen LogP contribution is 2.18. The molecule has 0 saturated carbocycles. The molecular formula is C15H10FNO3S. The van der Waals surface area contributed by atoms with E-state index in [1.54, 1.807) is 6.07 Å². The van der Waals surface area contributed by atoms with Gasteiger partial charge in [-0.2, -0.15) is 5.26 Å². The average molecular weight is 303 g/mol. The van der Waals surface area contributed by atoms with Crippen LogP contribution in [0.25, 0.3) is 0 Å². The van der Waals surface area contributed by atoms with Crippen LogP contribution in [0.15, 0.2) is 47.4 Å². The van der Waals surface area contributed by atoms with E-state index in [0.717, 1.165) is 0 Å². The molecule has 0 spiro atoms. The Hall–Kier alpha value is -2.52. The monoisotopic (exact) mass is 303 g/mol. The van der Waals surface area contributed by atoms with E-state index in [2.05, 4.69) is 0 Å². The summed E-state index contributed by atoms with van der Waals surface area (Å²) in [4.78, 5) is 11.1. The number of carboxylic acid groups (broad SMARTS) is 1. The fraction of sp³-hybridized carbons (Fsp3) is 0.0667. The third-order valence-corrected chi connectivity index (χ3v) is 4.22. The van der Waals surface area contributed by atoms with Gasteiger partial charge < -0.3 is 5.11 Å². The zero-order chi connectivity index (χ0) is 15.4. The minimum absolute atomic E-state index is 0.0756. The van der Waals surface area contributed by atoms with Gasteiger partial charge in [0.1, 0.15) is 11.9 Å². The fourth-order valence-electron chi connectivity index (χ4n) is 1.75. The summed E-state index contributed by atoms with van der Waals surface area (Å²) in [5.74, 6) is -1.82. The molecule has 0 saturated heterocycles. The van der Waals surface area contributed by atoms with Crippen LogP contribution in [0.2, 0.25) is 0 Å². The summed E-state index contributed by atoms with van der Waals surface area (Å²) < 4.78 is 26.0. The van der Waals surface area contributed by atoms with Crippen LogP contribution < -0.4 is 0 Å². The molecule has 0 aromatic heterocycles. The second-order valence-corrected chi connectivity index (χ2v) is 5.66. The van der Waals surface area contributed by atoms with Gasteiger partial charge in [-0.15, -0.1) is 0 Å². The molecule has 0 bridgehead atoms. The van der Waals surface area contributed by atoms with Gasteiger partial charge in [0.25, 0.3) is 0 Å². The number of rotatable bonds is 4. The predicted octanol–water partition coefficient (Wildman–Crippen LogP) is 2.70. The van der Waals surface area contributed by atoms with Crippen molar-refractivity contribution in [3.8, 4) is 6.07 Å². The van der Waals surface area contributed by atoms with Gasteiger partial charge in [0.15, 0.2) is 0 Å². The van der Waals surface area contributed by atoms with E-state index in [-0.39, 0.29) is 22.4 Å². The smallest absolute Gasteiger partial charge is 0.335 e. The summed E-state index contributed by atoms with van der Waals surface area (Å²) in [5.41, 5.74) is 0.189. The van der Waals surface area contributed by atoms with Crippen molar-refractivity contribution in [1.29, 1.82) is 5.26 Å². The molecule has 0 aliphatic rings. The predicted molar refractivity (Wildman–Crippen MR) is 74.6 cm³/mol. The summed E-state index contributed by atoms with van der Waals surface area (Å²) in [7, 11) is -1.52. The van der Waals surface area contributed by atoms with Crippen LogP contribution in [-0.4, -0.2) is 15.3 Å². The van der Waals surface area contributed by atoms with Gasteiger partial charge in [-0.25, -0.2) is 9.18 Å². The van der Waals surface area contributed by atoms with Crippen molar-refractivity contribution < 1.29 is 18.5 Å². The largest absolute Gasteiger partial charge is 0.478 e. The second kappa shape index (κ2) is 6.29. The molecule has 106 valence electrons. The zero-order valence-corrected chi connectivity index (χ0v) is 11.6. The van der Waals surface area contributed by atoms with E-state index in [1.807, 2.05) is 0 Å². The number of carboxylic acids is 1. The van der Waals surface area contributed by atoms with E-state index in [4.69, 9.17) is 10.4 Å².